The van der Waals surface area contributed by atoms with Crippen LogP contribution in [0.2, 0.25) is 0 Å². The number of benzene rings is 1. The number of fused-ring (bicyclic) bond motifs is 1. The summed E-state index contributed by atoms with van der Waals surface area (Å²) in [6.07, 6.45) is 2.53. The van der Waals surface area contributed by atoms with Crippen LogP contribution in [0.1, 0.15) is 16.1 Å². The number of nitrogens with zero attached hydrogens (tertiary/aromatic N) is 2. The molecule has 0 fully saturated rings. The van der Waals surface area contributed by atoms with Gasteiger partial charge >= 0.3 is 0 Å². The lowest BCUT2D eigenvalue weighted by atomic mass is 10.1. The van der Waals surface area contributed by atoms with E-state index < -0.39 is 0 Å². The minimum absolute atomic E-state index is 0.289. The minimum Gasteiger partial charge on any atom is -0.241 e. The van der Waals surface area contributed by atoms with Gasteiger partial charge in [-0.05, 0) is 17.0 Å². The average Bonchev–Trinajstić information content (AvgIpc) is 2.89. The number of hydrogen-bond donors (Lipinski definition) is 0. The first-order valence-electron chi connectivity index (χ1n) is 5.70. The van der Waals surface area contributed by atoms with Gasteiger partial charge in [0.1, 0.15) is 11.2 Å². The fourth-order valence-corrected chi connectivity index (χ4v) is 3.32. The molecule has 2 aromatic heterocycles. The van der Waals surface area contributed by atoms with E-state index in [1.807, 2.05) is 6.07 Å². The first-order chi connectivity index (χ1) is 8.84. The van der Waals surface area contributed by atoms with Gasteiger partial charge in [-0.3, -0.25) is 0 Å². The first kappa shape index (κ1) is 11.8. The van der Waals surface area contributed by atoms with Crippen LogP contribution in [0.4, 0.5) is 0 Å². The molecule has 2 nitrogen and oxygen atoms in total. The smallest absolute Gasteiger partial charge is 0.126 e. The molecule has 0 amide bonds. The third-order valence-electron chi connectivity index (χ3n) is 2.88. The van der Waals surface area contributed by atoms with E-state index in [0.29, 0.717) is 0 Å². The highest BCUT2D eigenvalue weighted by atomic mass is 79.9. The number of aromatic nitrogens is 2. The van der Waals surface area contributed by atoms with Crippen LogP contribution in [-0.4, -0.2) is 9.97 Å². The van der Waals surface area contributed by atoms with Crippen LogP contribution >= 0.6 is 27.3 Å². The van der Waals surface area contributed by atoms with Crippen LogP contribution in [0.25, 0.3) is 10.2 Å². The van der Waals surface area contributed by atoms with Gasteiger partial charge in [0.25, 0.3) is 0 Å². The van der Waals surface area contributed by atoms with Crippen LogP contribution < -0.4 is 0 Å². The molecule has 0 saturated carbocycles. The monoisotopic (exact) mass is 318 g/mol. The summed E-state index contributed by atoms with van der Waals surface area (Å²) >= 11 is 5.40. The second kappa shape index (κ2) is 5.16. The summed E-state index contributed by atoms with van der Waals surface area (Å²) in [5, 5.41) is 3.23. The molecular formula is C14H11BrN2S. The molecule has 1 unspecified atom stereocenters. The number of halogens is 1. The minimum atomic E-state index is 0.289. The lowest BCUT2D eigenvalue weighted by molar-refractivity contribution is 0.909. The van der Waals surface area contributed by atoms with Crippen molar-refractivity contribution in [3.63, 3.8) is 0 Å². The van der Waals surface area contributed by atoms with E-state index in [-0.39, 0.29) is 4.83 Å². The van der Waals surface area contributed by atoms with Gasteiger partial charge < -0.3 is 0 Å². The Kier molecular flexibility index (Phi) is 3.39. The van der Waals surface area contributed by atoms with E-state index in [9.17, 15) is 0 Å². The number of rotatable bonds is 3. The van der Waals surface area contributed by atoms with Gasteiger partial charge in [0, 0.05) is 16.6 Å². The number of thiophene rings is 1. The normalized spacial score (nSPS) is 12.7. The number of hydrogen-bond acceptors (Lipinski definition) is 3. The zero-order chi connectivity index (χ0) is 12.4. The Labute approximate surface area is 118 Å². The van der Waals surface area contributed by atoms with Crippen LogP contribution in [0.3, 0.4) is 0 Å². The summed E-state index contributed by atoms with van der Waals surface area (Å²) in [6.45, 7) is 0. The van der Waals surface area contributed by atoms with E-state index in [2.05, 4.69) is 61.6 Å². The van der Waals surface area contributed by atoms with E-state index >= 15 is 0 Å². The molecular weight excluding hydrogens is 308 g/mol. The van der Waals surface area contributed by atoms with Gasteiger partial charge in [0.2, 0.25) is 0 Å². The second-order valence-electron chi connectivity index (χ2n) is 4.04. The fraction of sp³-hybridized carbons (Fsp3) is 0.143. The van der Waals surface area contributed by atoms with Gasteiger partial charge in [-0.1, -0.05) is 46.3 Å². The topological polar surface area (TPSA) is 25.8 Å². The Morgan fingerprint density at radius 1 is 1.11 bits per heavy atom. The third kappa shape index (κ3) is 2.31. The van der Waals surface area contributed by atoms with Crippen LogP contribution in [0, 0.1) is 0 Å². The summed E-state index contributed by atoms with van der Waals surface area (Å²) in [4.78, 5) is 10.0. The lowest BCUT2D eigenvalue weighted by Crippen LogP contribution is -1.98. The molecule has 90 valence electrons. The molecule has 4 heteroatoms. The predicted octanol–water partition coefficient (Wildman–Crippen LogP) is 4.37. The standard InChI is InChI=1S/C14H11BrN2S/c15-12(10-4-2-1-3-5-10)8-13-11-6-7-18-14(11)17-9-16-13/h1-7,9,12H,8H2. The highest BCUT2D eigenvalue weighted by Gasteiger charge is 2.12. The molecule has 0 radical (unpaired) electrons. The third-order valence-corrected chi connectivity index (χ3v) is 4.55. The Bertz CT molecular complexity index is 651. The van der Waals surface area contributed by atoms with Gasteiger partial charge in [-0.2, -0.15) is 0 Å². The predicted molar refractivity (Wildman–Crippen MR) is 79.2 cm³/mol. The zero-order valence-electron chi connectivity index (χ0n) is 9.58. The molecule has 1 aromatic carbocycles. The SMILES string of the molecule is BrC(Cc1ncnc2sccc12)c1ccccc1. The molecule has 0 bridgehead atoms. The Hall–Kier alpha value is -1.26. The van der Waals surface area contributed by atoms with Crippen molar-refractivity contribution in [1.82, 2.24) is 9.97 Å². The van der Waals surface area contributed by atoms with E-state index in [4.69, 9.17) is 0 Å². The van der Waals surface area contributed by atoms with E-state index in [0.717, 1.165) is 16.9 Å². The van der Waals surface area contributed by atoms with Crippen molar-refractivity contribution in [1.29, 1.82) is 0 Å². The molecule has 18 heavy (non-hydrogen) atoms. The highest BCUT2D eigenvalue weighted by Crippen LogP contribution is 2.29. The molecule has 2 heterocycles. The van der Waals surface area contributed by atoms with Crippen molar-refractivity contribution in [3.05, 3.63) is 59.4 Å². The van der Waals surface area contributed by atoms with Crippen LogP contribution in [-0.2, 0) is 6.42 Å². The van der Waals surface area contributed by atoms with E-state index in [1.54, 1.807) is 17.7 Å². The maximum Gasteiger partial charge on any atom is 0.126 e. The van der Waals surface area contributed by atoms with Crippen molar-refractivity contribution in [3.8, 4) is 0 Å². The van der Waals surface area contributed by atoms with Crippen molar-refractivity contribution in [2.75, 3.05) is 0 Å². The summed E-state index contributed by atoms with van der Waals surface area (Å²) in [7, 11) is 0. The largest absolute Gasteiger partial charge is 0.241 e. The summed E-state index contributed by atoms with van der Waals surface area (Å²) in [6, 6.07) is 12.5. The molecule has 3 aromatic rings. The average molecular weight is 319 g/mol. The maximum absolute atomic E-state index is 4.41. The van der Waals surface area contributed by atoms with Gasteiger partial charge in [0.05, 0.1) is 5.69 Å². The molecule has 0 saturated heterocycles. The highest BCUT2D eigenvalue weighted by molar-refractivity contribution is 9.09. The van der Waals surface area contributed by atoms with Crippen LogP contribution in [0.15, 0.2) is 48.1 Å². The van der Waals surface area contributed by atoms with E-state index in [1.165, 1.54) is 10.9 Å². The van der Waals surface area contributed by atoms with Crippen molar-refractivity contribution in [2.45, 2.75) is 11.2 Å². The lowest BCUT2D eigenvalue weighted by Gasteiger charge is -2.10. The first-order valence-corrected chi connectivity index (χ1v) is 7.50. The van der Waals surface area contributed by atoms with Crippen LogP contribution in [0.5, 0.6) is 0 Å². The van der Waals surface area contributed by atoms with Crippen molar-refractivity contribution < 1.29 is 0 Å². The van der Waals surface area contributed by atoms with Gasteiger partial charge in [-0.15, -0.1) is 11.3 Å². The van der Waals surface area contributed by atoms with Crippen molar-refractivity contribution >= 4 is 37.5 Å². The molecule has 3 rings (SSSR count). The second-order valence-corrected chi connectivity index (χ2v) is 6.04. The Balaban J connectivity index is 1.91. The molecule has 1 atom stereocenters. The molecule has 0 aliphatic rings. The Morgan fingerprint density at radius 2 is 1.94 bits per heavy atom. The quantitative estimate of drug-likeness (QED) is 0.670. The van der Waals surface area contributed by atoms with Gasteiger partial charge in [0.15, 0.2) is 0 Å². The molecule has 0 aliphatic heterocycles. The van der Waals surface area contributed by atoms with Gasteiger partial charge in [-0.25, -0.2) is 9.97 Å². The molecule has 0 aliphatic carbocycles. The Morgan fingerprint density at radius 3 is 2.78 bits per heavy atom. The van der Waals surface area contributed by atoms with Crippen molar-refractivity contribution in [2.24, 2.45) is 0 Å². The summed E-state index contributed by atoms with van der Waals surface area (Å²) in [5.41, 5.74) is 2.38. The summed E-state index contributed by atoms with van der Waals surface area (Å²) < 4.78 is 0. The maximum atomic E-state index is 4.41. The zero-order valence-corrected chi connectivity index (χ0v) is 12.0. The molecule has 0 spiro atoms. The number of alkyl halides is 1. The fourth-order valence-electron chi connectivity index (χ4n) is 1.95. The summed E-state index contributed by atoms with van der Waals surface area (Å²) in [5.74, 6) is 0. The molecule has 0 N–H and O–H groups in total.